The van der Waals surface area contributed by atoms with Gasteiger partial charge >= 0.3 is 12.0 Å². The van der Waals surface area contributed by atoms with Gasteiger partial charge in [-0.05, 0) is 18.2 Å². The number of halogens is 1. The van der Waals surface area contributed by atoms with Gasteiger partial charge in [-0.3, -0.25) is 4.79 Å². The van der Waals surface area contributed by atoms with Crippen LogP contribution in [0.15, 0.2) is 18.2 Å². The number of rotatable bonds is 5. The Labute approximate surface area is 114 Å². The number of aromatic carboxylic acids is 1. The smallest absolute Gasteiger partial charge is 0.338 e. The highest BCUT2D eigenvalue weighted by Crippen LogP contribution is 2.14. The number of anilines is 1. The first-order valence-electron chi connectivity index (χ1n) is 5.72. The maximum atomic E-state index is 13.1. The average Bonchev–Trinajstić information content (AvgIpc) is 2.40. The van der Waals surface area contributed by atoms with Crippen molar-refractivity contribution in [3.63, 3.8) is 0 Å². The van der Waals surface area contributed by atoms with Crippen molar-refractivity contribution in [1.82, 2.24) is 10.6 Å². The van der Waals surface area contributed by atoms with Gasteiger partial charge in [-0.15, -0.1) is 0 Å². The Morgan fingerprint density at radius 3 is 2.60 bits per heavy atom. The van der Waals surface area contributed by atoms with Crippen LogP contribution in [0.5, 0.6) is 0 Å². The summed E-state index contributed by atoms with van der Waals surface area (Å²) in [6.45, 7) is 0.124. The van der Waals surface area contributed by atoms with Gasteiger partial charge in [-0.1, -0.05) is 0 Å². The zero-order valence-electron chi connectivity index (χ0n) is 10.7. The third-order valence-corrected chi connectivity index (χ3v) is 2.37. The summed E-state index contributed by atoms with van der Waals surface area (Å²) < 4.78 is 13.1. The molecule has 0 aliphatic rings. The number of benzene rings is 1. The third-order valence-electron chi connectivity index (χ3n) is 2.37. The summed E-state index contributed by atoms with van der Waals surface area (Å²) in [4.78, 5) is 33.1. The van der Waals surface area contributed by atoms with E-state index in [0.717, 1.165) is 12.1 Å². The molecule has 0 heterocycles. The van der Waals surface area contributed by atoms with Crippen molar-refractivity contribution in [1.29, 1.82) is 0 Å². The highest BCUT2D eigenvalue weighted by Gasteiger charge is 2.12. The van der Waals surface area contributed by atoms with E-state index in [1.165, 1.54) is 13.1 Å². The number of carboxylic acid groups (broad SMARTS) is 1. The summed E-state index contributed by atoms with van der Waals surface area (Å²) in [5.41, 5.74) is -0.394. The van der Waals surface area contributed by atoms with E-state index in [1.807, 2.05) is 0 Å². The quantitative estimate of drug-likeness (QED) is 0.640. The Bertz CT molecular complexity index is 533. The van der Waals surface area contributed by atoms with E-state index < -0.39 is 23.4 Å². The summed E-state index contributed by atoms with van der Waals surface area (Å²) in [7, 11) is 1.48. The Hall–Kier alpha value is -2.64. The Morgan fingerprint density at radius 2 is 2.00 bits per heavy atom. The fourth-order valence-corrected chi connectivity index (χ4v) is 1.36. The summed E-state index contributed by atoms with van der Waals surface area (Å²) >= 11 is 0. The second-order valence-corrected chi connectivity index (χ2v) is 3.80. The summed E-state index contributed by atoms with van der Waals surface area (Å²) in [5.74, 6) is -2.53. The van der Waals surface area contributed by atoms with Crippen LogP contribution in [0, 0.1) is 5.82 Å². The van der Waals surface area contributed by atoms with Crippen molar-refractivity contribution >= 4 is 23.6 Å². The monoisotopic (exact) mass is 283 g/mol. The number of carbonyl (C=O) groups is 3. The summed E-state index contributed by atoms with van der Waals surface area (Å²) in [6.07, 6.45) is 0.119. The van der Waals surface area contributed by atoms with Crippen LogP contribution in [0.3, 0.4) is 0 Å². The zero-order chi connectivity index (χ0) is 15.1. The molecule has 0 aliphatic carbocycles. The topological polar surface area (TPSA) is 108 Å². The highest BCUT2D eigenvalue weighted by atomic mass is 19.1. The van der Waals surface area contributed by atoms with Crippen molar-refractivity contribution in [2.75, 3.05) is 18.9 Å². The van der Waals surface area contributed by atoms with Gasteiger partial charge in [-0.2, -0.15) is 0 Å². The van der Waals surface area contributed by atoms with E-state index in [9.17, 15) is 18.8 Å². The molecule has 20 heavy (non-hydrogen) atoms. The average molecular weight is 283 g/mol. The van der Waals surface area contributed by atoms with Gasteiger partial charge in [0.05, 0.1) is 5.56 Å². The number of carbonyl (C=O) groups excluding carboxylic acids is 2. The molecular formula is C12H14FN3O4. The molecule has 1 rings (SSSR count). The lowest BCUT2D eigenvalue weighted by Crippen LogP contribution is -2.32. The van der Waals surface area contributed by atoms with Crippen molar-refractivity contribution in [2.24, 2.45) is 0 Å². The lowest BCUT2D eigenvalue weighted by atomic mass is 10.2. The molecule has 0 saturated carbocycles. The van der Waals surface area contributed by atoms with Crippen LogP contribution in [0.1, 0.15) is 16.8 Å². The number of amides is 3. The SMILES string of the molecule is CNC(=O)CCNC(=O)Nc1ccc(F)c(C(=O)O)c1. The Balaban J connectivity index is 2.56. The molecule has 0 aliphatic heterocycles. The minimum absolute atomic E-state index is 0.119. The molecule has 0 bridgehead atoms. The van der Waals surface area contributed by atoms with Gasteiger partial charge in [0.1, 0.15) is 5.82 Å². The first-order chi connectivity index (χ1) is 9.43. The molecule has 108 valence electrons. The van der Waals surface area contributed by atoms with Crippen LogP contribution in [-0.4, -0.2) is 36.6 Å². The van der Waals surface area contributed by atoms with Crippen molar-refractivity contribution < 1.29 is 23.9 Å². The standard InChI is InChI=1S/C12H14FN3O4/c1-14-10(17)4-5-15-12(20)16-7-2-3-9(13)8(6-7)11(18)19/h2-3,6H,4-5H2,1H3,(H,14,17)(H,18,19)(H2,15,16,20). The lowest BCUT2D eigenvalue weighted by molar-refractivity contribution is -0.120. The van der Waals surface area contributed by atoms with Crippen LogP contribution >= 0.6 is 0 Å². The second-order valence-electron chi connectivity index (χ2n) is 3.80. The third kappa shape index (κ3) is 4.56. The van der Waals surface area contributed by atoms with E-state index in [4.69, 9.17) is 5.11 Å². The van der Waals surface area contributed by atoms with Gasteiger partial charge in [0.2, 0.25) is 5.91 Å². The van der Waals surface area contributed by atoms with Crippen LogP contribution in [-0.2, 0) is 4.79 Å². The lowest BCUT2D eigenvalue weighted by Gasteiger charge is -2.08. The van der Waals surface area contributed by atoms with Gasteiger partial charge in [-0.25, -0.2) is 14.0 Å². The number of carboxylic acids is 1. The van der Waals surface area contributed by atoms with Crippen molar-refractivity contribution in [2.45, 2.75) is 6.42 Å². The fraction of sp³-hybridized carbons (Fsp3) is 0.250. The molecule has 0 spiro atoms. The second kappa shape index (κ2) is 7.07. The molecule has 0 fully saturated rings. The molecule has 8 heteroatoms. The highest BCUT2D eigenvalue weighted by molar-refractivity contribution is 5.93. The number of nitrogens with one attached hydrogen (secondary N) is 3. The molecule has 7 nitrogen and oxygen atoms in total. The zero-order valence-corrected chi connectivity index (χ0v) is 10.7. The molecule has 4 N–H and O–H groups in total. The van der Waals surface area contributed by atoms with Crippen LogP contribution < -0.4 is 16.0 Å². The first kappa shape index (κ1) is 15.4. The van der Waals surface area contributed by atoms with Gasteiger partial charge in [0, 0.05) is 25.7 Å². The molecule has 1 aromatic carbocycles. The maximum Gasteiger partial charge on any atom is 0.338 e. The van der Waals surface area contributed by atoms with E-state index in [2.05, 4.69) is 16.0 Å². The normalized spacial score (nSPS) is 9.70. The van der Waals surface area contributed by atoms with Gasteiger partial charge in [0.15, 0.2) is 0 Å². The molecule has 0 atom stereocenters. The van der Waals surface area contributed by atoms with E-state index >= 15 is 0 Å². The number of urea groups is 1. The molecule has 0 saturated heterocycles. The van der Waals surface area contributed by atoms with Crippen LogP contribution in [0.4, 0.5) is 14.9 Å². The molecule has 0 unspecified atom stereocenters. The minimum Gasteiger partial charge on any atom is -0.478 e. The Morgan fingerprint density at radius 1 is 1.30 bits per heavy atom. The number of hydrogen-bond acceptors (Lipinski definition) is 3. The molecular weight excluding hydrogens is 269 g/mol. The fourth-order valence-electron chi connectivity index (χ4n) is 1.36. The molecule has 0 radical (unpaired) electrons. The molecule has 3 amide bonds. The van der Waals surface area contributed by atoms with E-state index in [1.54, 1.807) is 0 Å². The predicted octanol–water partition coefficient (Wildman–Crippen LogP) is 0.781. The minimum atomic E-state index is -1.42. The largest absolute Gasteiger partial charge is 0.478 e. The van der Waals surface area contributed by atoms with Crippen molar-refractivity contribution in [3.8, 4) is 0 Å². The van der Waals surface area contributed by atoms with Crippen LogP contribution in [0.2, 0.25) is 0 Å². The Kier molecular flexibility index (Phi) is 5.45. The first-order valence-corrected chi connectivity index (χ1v) is 5.72. The van der Waals surface area contributed by atoms with Gasteiger partial charge < -0.3 is 21.1 Å². The van der Waals surface area contributed by atoms with Gasteiger partial charge in [0.25, 0.3) is 0 Å². The maximum absolute atomic E-state index is 13.1. The number of hydrogen-bond donors (Lipinski definition) is 4. The van der Waals surface area contributed by atoms with E-state index in [0.29, 0.717) is 0 Å². The summed E-state index contributed by atoms with van der Waals surface area (Å²) in [5, 5.41) is 15.9. The van der Waals surface area contributed by atoms with Crippen LogP contribution in [0.25, 0.3) is 0 Å². The molecule has 0 aromatic heterocycles. The summed E-state index contributed by atoms with van der Waals surface area (Å²) in [6, 6.07) is 2.58. The van der Waals surface area contributed by atoms with E-state index in [-0.39, 0.29) is 24.6 Å². The van der Waals surface area contributed by atoms with Crippen molar-refractivity contribution in [3.05, 3.63) is 29.6 Å². The molecule has 1 aromatic rings. The predicted molar refractivity (Wildman–Crippen MR) is 69.1 cm³/mol.